The first-order valence-electron chi connectivity index (χ1n) is 9.54. The number of imidazole rings is 2. The Morgan fingerprint density at radius 1 is 1.03 bits per heavy atom. The van der Waals surface area contributed by atoms with Crippen molar-refractivity contribution in [2.24, 2.45) is 0 Å². The van der Waals surface area contributed by atoms with Gasteiger partial charge in [0.25, 0.3) is 5.91 Å². The molecule has 0 spiro atoms. The van der Waals surface area contributed by atoms with E-state index in [1.165, 1.54) is 0 Å². The number of hydrogen-bond donors (Lipinski definition) is 1. The number of aryl methyl sites for hydroxylation is 1. The molecule has 0 radical (unpaired) electrons. The van der Waals surface area contributed by atoms with Gasteiger partial charge in [-0.15, -0.1) is 0 Å². The van der Waals surface area contributed by atoms with E-state index in [1.807, 2.05) is 72.1 Å². The number of nitrogens with zero attached hydrogens (tertiary/aromatic N) is 4. The molecule has 1 N–H and O–H groups in total. The molecule has 0 aliphatic heterocycles. The third-order valence-electron chi connectivity index (χ3n) is 4.99. The van der Waals surface area contributed by atoms with E-state index in [4.69, 9.17) is 11.6 Å². The normalized spacial score (nSPS) is 11.3. The van der Waals surface area contributed by atoms with Crippen LogP contribution in [-0.4, -0.2) is 24.8 Å². The summed E-state index contributed by atoms with van der Waals surface area (Å²) in [7, 11) is 0. The fourth-order valence-corrected chi connectivity index (χ4v) is 3.79. The molecular formula is C23H18ClN5O. The minimum absolute atomic E-state index is 0.168. The van der Waals surface area contributed by atoms with Crippen molar-refractivity contribution in [2.75, 3.05) is 0 Å². The summed E-state index contributed by atoms with van der Waals surface area (Å²) in [5.74, 6) is 0.705. The van der Waals surface area contributed by atoms with Crippen LogP contribution in [0.1, 0.15) is 21.9 Å². The Hall–Kier alpha value is -3.64. The van der Waals surface area contributed by atoms with Crippen LogP contribution in [-0.2, 0) is 6.54 Å². The van der Waals surface area contributed by atoms with E-state index in [-0.39, 0.29) is 5.91 Å². The number of carbonyl (C=O) groups excluding carboxylic acids is 1. The zero-order chi connectivity index (χ0) is 20.7. The Labute approximate surface area is 177 Å². The summed E-state index contributed by atoms with van der Waals surface area (Å²) in [5, 5.41) is 3.56. The number of halogens is 1. The fraction of sp³-hybridized carbons (Fsp3) is 0.0870. The summed E-state index contributed by atoms with van der Waals surface area (Å²) in [4.78, 5) is 21.8. The van der Waals surface area contributed by atoms with Crippen molar-refractivity contribution >= 4 is 34.2 Å². The van der Waals surface area contributed by atoms with Crippen molar-refractivity contribution in [3.63, 3.8) is 0 Å². The average molecular weight is 416 g/mol. The van der Waals surface area contributed by atoms with E-state index >= 15 is 0 Å². The molecule has 30 heavy (non-hydrogen) atoms. The smallest absolute Gasteiger partial charge is 0.251 e. The molecule has 0 atom stereocenters. The molecule has 5 aromatic rings. The quantitative estimate of drug-likeness (QED) is 0.467. The molecule has 0 aliphatic carbocycles. The maximum atomic E-state index is 12.7. The second kappa shape index (κ2) is 7.31. The van der Waals surface area contributed by atoms with Crippen molar-refractivity contribution in [3.8, 4) is 5.69 Å². The van der Waals surface area contributed by atoms with Gasteiger partial charge in [-0.2, -0.15) is 0 Å². The van der Waals surface area contributed by atoms with Crippen molar-refractivity contribution in [1.29, 1.82) is 0 Å². The van der Waals surface area contributed by atoms with Gasteiger partial charge in [0.05, 0.1) is 28.3 Å². The fourth-order valence-electron chi connectivity index (χ4n) is 3.62. The lowest BCUT2D eigenvalue weighted by molar-refractivity contribution is 0.0950. The second-order valence-electron chi connectivity index (χ2n) is 7.06. The molecule has 7 heteroatoms. The highest BCUT2D eigenvalue weighted by atomic mass is 35.5. The maximum Gasteiger partial charge on any atom is 0.251 e. The van der Waals surface area contributed by atoms with Gasteiger partial charge in [0.2, 0.25) is 0 Å². The molecule has 0 unspecified atom stereocenters. The van der Waals surface area contributed by atoms with Crippen molar-refractivity contribution in [2.45, 2.75) is 13.5 Å². The summed E-state index contributed by atoms with van der Waals surface area (Å²) in [6, 6.07) is 19.3. The van der Waals surface area contributed by atoms with E-state index in [9.17, 15) is 4.79 Å². The Morgan fingerprint density at radius 2 is 1.87 bits per heavy atom. The van der Waals surface area contributed by atoms with E-state index in [0.717, 1.165) is 33.9 Å². The molecule has 1 amide bonds. The summed E-state index contributed by atoms with van der Waals surface area (Å²) in [6.07, 6.45) is 3.64. The molecule has 3 aromatic heterocycles. The Bertz CT molecular complexity index is 1390. The van der Waals surface area contributed by atoms with E-state index in [2.05, 4.69) is 19.9 Å². The van der Waals surface area contributed by atoms with E-state index < -0.39 is 0 Å². The van der Waals surface area contributed by atoms with Gasteiger partial charge in [0, 0.05) is 23.6 Å². The highest BCUT2D eigenvalue weighted by Crippen LogP contribution is 2.22. The molecule has 0 bridgehead atoms. The molecule has 5 rings (SSSR count). The summed E-state index contributed by atoms with van der Waals surface area (Å²) < 4.78 is 3.92. The van der Waals surface area contributed by atoms with Gasteiger partial charge >= 0.3 is 0 Å². The predicted octanol–water partition coefficient (Wildman–Crippen LogP) is 4.57. The predicted molar refractivity (Wildman–Crippen MR) is 117 cm³/mol. The molecule has 6 nitrogen and oxygen atoms in total. The first-order chi connectivity index (χ1) is 14.6. The second-order valence-corrected chi connectivity index (χ2v) is 7.50. The van der Waals surface area contributed by atoms with Crippen LogP contribution >= 0.6 is 11.6 Å². The number of nitrogens with one attached hydrogen (secondary N) is 1. The molecule has 2 aromatic carbocycles. The third-order valence-corrected chi connectivity index (χ3v) is 5.22. The van der Waals surface area contributed by atoms with Crippen LogP contribution in [0.4, 0.5) is 0 Å². The molecule has 0 saturated heterocycles. The largest absolute Gasteiger partial charge is 0.346 e. The standard InChI is InChI=1S/C23H18ClN5O/c1-15-26-20-11-16(7-9-21(20)29(15)19-5-3-2-4-6-19)23(30)25-12-18-14-28-13-17(24)8-10-22(28)27-18/h2-11,13-14H,12H2,1H3,(H,25,30). The average Bonchev–Trinajstić information content (AvgIpc) is 3.31. The van der Waals surface area contributed by atoms with Crippen LogP contribution in [0, 0.1) is 6.92 Å². The van der Waals surface area contributed by atoms with Crippen molar-refractivity contribution < 1.29 is 4.79 Å². The van der Waals surface area contributed by atoms with Gasteiger partial charge < -0.3 is 9.72 Å². The third kappa shape index (κ3) is 3.31. The number of fused-ring (bicyclic) bond motifs is 2. The lowest BCUT2D eigenvalue weighted by Gasteiger charge is -2.07. The van der Waals surface area contributed by atoms with Gasteiger partial charge in [-0.3, -0.25) is 9.36 Å². The summed E-state index contributed by atoms with van der Waals surface area (Å²) in [6.45, 7) is 2.29. The number of benzene rings is 2. The Kier molecular flexibility index (Phi) is 4.48. The monoisotopic (exact) mass is 415 g/mol. The SMILES string of the molecule is Cc1nc2cc(C(=O)NCc3cn4cc(Cl)ccc4n3)ccc2n1-c1ccccc1. The molecule has 148 valence electrons. The molecule has 0 saturated carbocycles. The van der Waals surface area contributed by atoms with Crippen LogP contribution in [0.15, 0.2) is 73.1 Å². The van der Waals surface area contributed by atoms with Gasteiger partial charge in [-0.25, -0.2) is 9.97 Å². The van der Waals surface area contributed by atoms with Crippen molar-refractivity contribution in [3.05, 3.63) is 95.2 Å². The number of pyridine rings is 1. The Morgan fingerprint density at radius 3 is 2.70 bits per heavy atom. The first kappa shape index (κ1) is 18.4. The maximum absolute atomic E-state index is 12.7. The van der Waals surface area contributed by atoms with E-state index in [1.54, 1.807) is 12.3 Å². The molecule has 0 fully saturated rings. The van der Waals surface area contributed by atoms with Crippen LogP contribution in [0.25, 0.3) is 22.4 Å². The molecule has 3 heterocycles. The highest BCUT2D eigenvalue weighted by molar-refractivity contribution is 6.30. The number of aromatic nitrogens is 4. The van der Waals surface area contributed by atoms with Gasteiger partial charge in [-0.1, -0.05) is 29.8 Å². The number of carbonyl (C=O) groups is 1. The van der Waals surface area contributed by atoms with Gasteiger partial charge in [-0.05, 0) is 49.4 Å². The topological polar surface area (TPSA) is 64.2 Å². The van der Waals surface area contributed by atoms with Crippen LogP contribution in [0.2, 0.25) is 5.02 Å². The number of para-hydroxylation sites is 1. The Balaban J connectivity index is 1.38. The zero-order valence-electron chi connectivity index (χ0n) is 16.2. The number of amides is 1. The lowest BCUT2D eigenvalue weighted by atomic mass is 10.2. The van der Waals surface area contributed by atoms with Crippen LogP contribution < -0.4 is 5.32 Å². The molecular weight excluding hydrogens is 398 g/mol. The first-order valence-corrected chi connectivity index (χ1v) is 9.92. The minimum atomic E-state index is -0.168. The van der Waals surface area contributed by atoms with Crippen molar-refractivity contribution in [1.82, 2.24) is 24.3 Å². The lowest BCUT2D eigenvalue weighted by Crippen LogP contribution is -2.22. The summed E-state index contributed by atoms with van der Waals surface area (Å²) in [5.41, 5.74) is 4.90. The van der Waals surface area contributed by atoms with Gasteiger partial charge in [0.1, 0.15) is 11.5 Å². The van der Waals surface area contributed by atoms with E-state index in [0.29, 0.717) is 17.1 Å². The minimum Gasteiger partial charge on any atom is -0.346 e. The zero-order valence-corrected chi connectivity index (χ0v) is 17.0. The van der Waals surface area contributed by atoms with Crippen LogP contribution in [0.3, 0.4) is 0 Å². The summed E-state index contributed by atoms with van der Waals surface area (Å²) >= 11 is 6.01. The number of hydrogen-bond acceptors (Lipinski definition) is 3. The van der Waals surface area contributed by atoms with Crippen LogP contribution in [0.5, 0.6) is 0 Å². The van der Waals surface area contributed by atoms with Gasteiger partial charge in [0.15, 0.2) is 0 Å². The number of rotatable bonds is 4. The molecule has 0 aliphatic rings. The highest BCUT2D eigenvalue weighted by Gasteiger charge is 2.13.